The van der Waals surface area contributed by atoms with Gasteiger partial charge < -0.3 is 11.1 Å². The van der Waals surface area contributed by atoms with Crippen molar-refractivity contribution in [3.05, 3.63) is 65.2 Å². The van der Waals surface area contributed by atoms with Crippen LogP contribution in [0.1, 0.15) is 21.5 Å². The molecule has 0 radical (unpaired) electrons. The van der Waals surface area contributed by atoms with Gasteiger partial charge in [0.15, 0.2) is 0 Å². The van der Waals surface area contributed by atoms with E-state index >= 15 is 0 Å². The second kappa shape index (κ2) is 6.62. The van der Waals surface area contributed by atoms with Gasteiger partial charge in [-0.2, -0.15) is 0 Å². The highest BCUT2D eigenvalue weighted by molar-refractivity contribution is 5.99. The quantitative estimate of drug-likeness (QED) is 0.849. The van der Waals surface area contributed by atoms with E-state index in [1.54, 1.807) is 12.1 Å². The van der Waals surface area contributed by atoms with Gasteiger partial charge in [-0.3, -0.25) is 9.69 Å². The Kier molecular flexibility index (Phi) is 4.39. The van der Waals surface area contributed by atoms with Crippen LogP contribution in [-0.4, -0.2) is 30.4 Å². The third-order valence-electron chi connectivity index (χ3n) is 4.13. The molecule has 0 saturated carbocycles. The van der Waals surface area contributed by atoms with E-state index in [0.29, 0.717) is 17.8 Å². The van der Waals surface area contributed by atoms with E-state index in [9.17, 15) is 4.79 Å². The van der Waals surface area contributed by atoms with Crippen molar-refractivity contribution >= 4 is 11.6 Å². The minimum Gasteiger partial charge on any atom is -0.398 e. The Balaban J connectivity index is 1.50. The molecule has 114 valence electrons. The standard InChI is InChI=1S/C18H21N3O/c19-17-8-4-3-7-16(17)18(22)20-10-12-21-11-9-14-5-1-2-6-15(14)13-21/h1-8H,9-13,19H2,(H,20,22). The maximum absolute atomic E-state index is 12.1. The number of anilines is 1. The molecule has 3 rings (SSSR count). The molecule has 0 aliphatic carbocycles. The number of fused-ring (bicyclic) bond motifs is 1. The second-order valence-electron chi connectivity index (χ2n) is 5.64. The Hall–Kier alpha value is -2.33. The van der Waals surface area contributed by atoms with Crippen LogP contribution in [0.4, 0.5) is 5.69 Å². The summed E-state index contributed by atoms with van der Waals surface area (Å²) in [6.07, 6.45) is 1.08. The van der Waals surface area contributed by atoms with E-state index in [1.165, 1.54) is 11.1 Å². The molecule has 1 amide bonds. The van der Waals surface area contributed by atoms with Gasteiger partial charge in [0, 0.05) is 31.9 Å². The number of carbonyl (C=O) groups is 1. The Morgan fingerprint density at radius 2 is 1.82 bits per heavy atom. The molecular formula is C18H21N3O. The fourth-order valence-electron chi connectivity index (χ4n) is 2.87. The number of para-hydroxylation sites is 1. The van der Waals surface area contributed by atoms with Gasteiger partial charge in [-0.05, 0) is 29.7 Å². The summed E-state index contributed by atoms with van der Waals surface area (Å²) in [5.74, 6) is -0.101. The molecule has 1 aliphatic rings. The monoisotopic (exact) mass is 295 g/mol. The van der Waals surface area contributed by atoms with Crippen molar-refractivity contribution in [2.24, 2.45) is 0 Å². The molecule has 0 unspecified atom stereocenters. The van der Waals surface area contributed by atoms with Crippen molar-refractivity contribution in [2.45, 2.75) is 13.0 Å². The molecule has 3 N–H and O–H groups in total. The Morgan fingerprint density at radius 1 is 1.09 bits per heavy atom. The zero-order valence-electron chi connectivity index (χ0n) is 12.6. The summed E-state index contributed by atoms with van der Waals surface area (Å²) in [6.45, 7) is 3.49. The summed E-state index contributed by atoms with van der Waals surface area (Å²) in [4.78, 5) is 14.5. The number of rotatable bonds is 4. The third-order valence-corrected chi connectivity index (χ3v) is 4.13. The van der Waals surface area contributed by atoms with Crippen molar-refractivity contribution in [2.75, 3.05) is 25.4 Å². The molecule has 2 aromatic rings. The fourth-order valence-corrected chi connectivity index (χ4v) is 2.87. The highest BCUT2D eigenvalue weighted by Crippen LogP contribution is 2.17. The number of nitrogens with zero attached hydrogens (tertiary/aromatic N) is 1. The number of hydrogen-bond acceptors (Lipinski definition) is 3. The maximum Gasteiger partial charge on any atom is 0.253 e. The number of nitrogens with two attached hydrogens (primary N) is 1. The Labute approximate surface area is 130 Å². The highest BCUT2D eigenvalue weighted by Gasteiger charge is 2.15. The molecule has 4 heteroatoms. The summed E-state index contributed by atoms with van der Waals surface area (Å²) >= 11 is 0. The normalized spacial score (nSPS) is 14.4. The van der Waals surface area contributed by atoms with Crippen molar-refractivity contribution in [1.82, 2.24) is 10.2 Å². The topological polar surface area (TPSA) is 58.4 Å². The van der Waals surface area contributed by atoms with Crippen LogP contribution in [0.25, 0.3) is 0 Å². The van der Waals surface area contributed by atoms with Crippen LogP contribution in [0.3, 0.4) is 0 Å². The average Bonchev–Trinajstić information content (AvgIpc) is 2.55. The minimum absolute atomic E-state index is 0.101. The summed E-state index contributed by atoms with van der Waals surface area (Å²) in [7, 11) is 0. The Morgan fingerprint density at radius 3 is 2.64 bits per heavy atom. The number of carbonyl (C=O) groups excluding carboxylic acids is 1. The van der Waals surface area contributed by atoms with E-state index in [0.717, 1.165) is 26.1 Å². The van der Waals surface area contributed by atoms with Crippen LogP contribution in [0.2, 0.25) is 0 Å². The lowest BCUT2D eigenvalue weighted by atomic mass is 10.00. The SMILES string of the molecule is Nc1ccccc1C(=O)NCCN1CCc2ccccc2C1. The lowest BCUT2D eigenvalue weighted by molar-refractivity contribution is 0.0948. The summed E-state index contributed by atoms with van der Waals surface area (Å²) in [6, 6.07) is 15.7. The number of nitrogens with one attached hydrogen (secondary N) is 1. The number of hydrogen-bond donors (Lipinski definition) is 2. The molecule has 2 aromatic carbocycles. The van der Waals surface area contributed by atoms with E-state index in [4.69, 9.17) is 5.73 Å². The number of nitrogen functional groups attached to an aromatic ring is 1. The molecule has 0 saturated heterocycles. The first-order valence-corrected chi connectivity index (χ1v) is 7.66. The minimum atomic E-state index is -0.101. The largest absolute Gasteiger partial charge is 0.398 e. The first-order chi connectivity index (χ1) is 10.7. The van der Waals surface area contributed by atoms with Crippen LogP contribution >= 0.6 is 0 Å². The van der Waals surface area contributed by atoms with Crippen LogP contribution in [0, 0.1) is 0 Å². The van der Waals surface area contributed by atoms with Gasteiger partial charge in [-0.15, -0.1) is 0 Å². The number of benzene rings is 2. The van der Waals surface area contributed by atoms with Crippen LogP contribution in [0.15, 0.2) is 48.5 Å². The van der Waals surface area contributed by atoms with Gasteiger partial charge in [0.2, 0.25) is 0 Å². The van der Waals surface area contributed by atoms with E-state index < -0.39 is 0 Å². The molecule has 1 heterocycles. The molecule has 0 fully saturated rings. The van der Waals surface area contributed by atoms with E-state index in [2.05, 4.69) is 34.5 Å². The molecule has 0 atom stereocenters. The van der Waals surface area contributed by atoms with Crippen molar-refractivity contribution in [3.63, 3.8) is 0 Å². The smallest absolute Gasteiger partial charge is 0.253 e. The van der Waals surface area contributed by atoms with Crippen LogP contribution < -0.4 is 11.1 Å². The van der Waals surface area contributed by atoms with Gasteiger partial charge in [-0.1, -0.05) is 36.4 Å². The van der Waals surface area contributed by atoms with E-state index in [-0.39, 0.29) is 5.91 Å². The average molecular weight is 295 g/mol. The summed E-state index contributed by atoms with van der Waals surface area (Å²) in [5, 5.41) is 2.95. The predicted octanol–water partition coefficient (Wildman–Crippen LogP) is 2.06. The predicted molar refractivity (Wildman–Crippen MR) is 88.6 cm³/mol. The van der Waals surface area contributed by atoms with Gasteiger partial charge in [0.05, 0.1) is 5.56 Å². The van der Waals surface area contributed by atoms with Crippen molar-refractivity contribution in [3.8, 4) is 0 Å². The van der Waals surface area contributed by atoms with Gasteiger partial charge in [0.25, 0.3) is 5.91 Å². The zero-order valence-corrected chi connectivity index (χ0v) is 12.6. The Bertz CT molecular complexity index is 669. The second-order valence-corrected chi connectivity index (χ2v) is 5.64. The highest BCUT2D eigenvalue weighted by atomic mass is 16.1. The fraction of sp³-hybridized carbons (Fsp3) is 0.278. The lowest BCUT2D eigenvalue weighted by Gasteiger charge is -2.28. The number of amides is 1. The van der Waals surface area contributed by atoms with Gasteiger partial charge in [-0.25, -0.2) is 0 Å². The molecular weight excluding hydrogens is 274 g/mol. The summed E-state index contributed by atoms with van der Waals surface area (Å²) in [5.41, 5.74) is 9.73. The summed E-state index contributed by atoms with van der Waals surface area (Å²) < 4.78 is 0. The maximum atomic E-state index is 12.1. The van der Waals surface area contributed by atoms with Crippen LogP contribution in [-0.2, 0) is 13.0 Å². The first kappa shape index (κ1) is 14.6. The van der Waals surface area contributed by atoms with Crippen molar-refractivity contribution in [1.29, 1.82) is 0 Å². The van der Waals surface area contributed by atoms with Crippen LogP contribution in [0.5, 0.6) is 0 Å². The lowest BCUT2D eigenvalue weighted by Crippen LogP contribution is -2.37. The molecule has 0 spiro atoms. The van der Waals surface area contributed by atoms with Crippen molar-refractivity contribution < 1.29 is 4.79 Å². The first-order valence-electron chi connectivity index (χ1n) is 7.66. The van der Waals surface area contributed by atoms with E-state index in [1.807, 2.05) is 12.1 Å². The van der Waals surface area contributed by atoms with Gasteiger partial charge >= 0.3 is 0 Å². The zero-order chi connectivity index (χ0) is 15.4. The molecule has 0 bridgehead atoms. The molecule has 0 aromatic heterocycles. The molecule has 4 nitrogen and oxygen atoms in total. The molecule has 1 aliphatic heterocycles. The third kappa shape index (κ3) is 3.28. The molecule has 22 heavy (non-hydrogen) atoms. The van der Waals surface area contributed by atoms with Gasteiger partial charge in [0.1, 0.15) is 0 Å².